The van der Waals surface area contributed by atoms with Crippen molar-refractivity contribution in [2.75, 3.05) is 13.7 Å². The highest BCUT2D eigenvalue weighted by Gasteiger charge is 2.16. The molecule has 21 heavy (non-hydrogen) atoms. The summed E-state index contributed by atoms with van der Waals surface area (Å²) >= 11 is 6.06. The van der Waals surface area contributed by atoms with Crippen LogP contribution < -0.4 is 10.1 Å². The second-order valence-electron chi connectivity index (χ2n) is 4.68. The number of methoxy groups -OCH3 is 1. The molecule has 0 radical (unpaired) electrons. The maximum atomic E-state index is 13.1. The van der Waals surface area contributed by atoms with Crippen molar-refractivity contribution in [3.05, 3.63) is 58.6 Å². The summed E-state index contributed by atoms with van der Waals surface area (Å²) < 4.78 is 18.3. The summed E-state index contributed by atoms with van der Waals surface area (Å²) in [4.78, 5) is 4.17. The third-order valence-corrected chi connectivity index (χ3v) is 3.47. The Morgan fingerprint density at radius 1 is 1.33 bits per heavy atom. The Bertz CT molecular complexity index is 589. The molecule has 1 aromatic heterocycles. The van der Waals surface area contributed by atoms with Crippen molar-refractivity contribution in [1.29, 1.82) is 0 Å². The Kier molecular flexibility index (Phi) is 5.53. The number of nitrogens with one attached hydrogen (secondary N) is 1. The average Bonchev–Trinajstić information content (AvgIpc) is 2.50. The molecule has 0 aliphatic carbocycles. The van der Waals surface area contributed by atoms with E-state index in [-0.39, 0.29) is 11.9 Å². The van der Waals surface area contributed by atoms with Gasteiger partial charge in [0.2, 0.25) is 0 Å². The molecule has 1 N–H and O–H groups in total. The molecule has 0 spiro atoms. The minimum atomic E-state index is -0.346. The first kappa shape index (κ1) is 15.7. The molecular weight excluding hydrogens is 291 g/mol. The molecule has 1 aromatic carbocycles. The number of pyridine rings is 1. The van der Waals surface area contributed by atoms with Crippen LogP contribution in [-0.2, 0) is 0 Å². The Hall–Kier alpha value is -1.65. The van der Waals surface area contributed by atoms with Crippen LogP contribution in [0.4, 0.5) is 4.39 Å². The summed E-state index contributed by atoms with van der Waals surface area (Å²) in [6.07, 6.45) is 2.21. The van der Waals surface area contributed by atoms with Crippen LogP contribution in [0.25, 0.3) is 0 Å². The molecule has 2 aromatic rings. The molecule has 1 unspecified atom stereocenters. The molecule has 0 saturated heterocycles. The number of hydrogen-bond donors (Lipinski definition) is 1. The standard InChI is InChI=1S/C16H18ClFN2O/c1-3-8-19-16(14-7-5-12(18)10-20-14)11-4-6-13(17)15(9-11)21-2/h4-7,9-10,16,19H,3,8H2,1-2H3. The van der Waals surface area contributed by atoms with Gasteiger partial charge in [0.1, 0.15) is 11.6 Å². The summed E-state index contributed by atoms with van der Waals surface area (Å²) in [6.45, 7) is 2.92. The number of benzene rings is 1. The van der Waals surface area contributed by atoms with Gasteiger partial charge < -0.3 is 10.1 Å². The quantitative estimate of drug-likeness (QED) is 0.876. The molecule has 0 aliphatic heterocycles. The molecule has 1 heterocycles. The van der Waals surface area contributed by atoms with Gasteiger partial charge in [0, 0.05) is 0 Å². The van der Waals surface area contributed by atoms with Crippen molar-refractivity contribution in [3.63, 3.8) is 0 Å². The first-order valence-corrected chi connectivity index (χ1v) is 7.21. The van der Waals surface area contributed by atoms with Gasteiger partial charge in [-0.05, 0) is 42.8 Å². The number of hydrogen-bond acceptors (Lipinski definition) is 3. The van der Waals surface area contributed by atoms with Gasteiger partial charge in [-0.1, -0.05) is 24.6 Å². The van der Waals surface area contributed by atoms with Crippen molar-refractivity contribution in [2.45, 2.75) is 19.4 Å². The molecule has 2 rings (SSSR count). The predicted octanol–water partition coefficient (Wildman–Crippen LogP) is 3.97. The molecule has 1 atom stereocenters. The van der Waals surface area contributed by atoms with Gasteiger partial charge in [-0.15, -0.1) is 0 Å². The second kappa shape index (κ2) is 7.38. The zero-order valence-corrected chi connectivity index (χ0v) is 12.8. The van der Waals surface area contributed by atoms with Crippen LogP contribution in [-0.4, -0.2) is 18.6 Å². The van der Waals surface area contributed by atoms with Crippen LogP contribution in [0.2, 0.25) is 5.02 Å². The van der Waals surface area contributed by atoms with E-state index in [9.17, 15) is 4.39 Å². The van der Waals surface area contributed by atoms with Gasteiger partial charge in [-0.3, -0.25) is 4.98 Å². The summed E-state index contributed by atoms with van der Waals surface area (Å²) in [5.74, 6) is 0.265. The summed E-state index contributed by atoms with van der Waals surface area (Å²) in [5, 5.41) is 3.97. The van der Waals surface area contributed by atoms with Crippen LogP contribution in [0, 0.1) is 5.82 Å². The number of aromatic nitrogens is 1. The highest BCUT2D eigenvalue weighted by Crippen LogP contribution is 2.30. The van der Waals surface area contributed by atoms with E-state index in [1.165, 1.54) is 12.3 Å². The van der Waals surface area contributed by atoms with E-state index in [0.29, 0.717) is 10.8 Å². The minimum Gasteiger partial charge on any atom is -0.495 e. The molecular formula is C16H18ClFN2O. The van der Waals surface area contributed by atoms with E-state index in [4.69, 9.17) is 16.3 Å². The lowest BCUT2D eigenvalue weighted by molar-refractivity contribution is 0.413. The molecule has 112 valence electrons. The van der Waals surface area contributed by atoms with Crippen molar-refractivity contribution in [3.8, 4) is 5.75 Å². The fourth-order valence-electron chi connectivity index (χ4n) is 2.10. The fourth-order valence-corrected chi connectivity index (χ4v) is 2.29. The molecule has 0 saturated carbocycles. The van der Waals surface area contributed by atoms with Crippen LogP contribution in [0.3, 0.4) is 0 Å². The van der Waals surface area contributed by atoms with Gasteiger partial charge in [0.15, 0.2) is 0 Å². The molecule has 5 heteroatoms. The van der Waals surface area contributed by atoms with Gasteiger partial charge in [0.25, 0.3) is 0 Å². The fraction of sp³-hybridized carbons (Fsp3) is 0.312. The van der Waals surface area contributed by atoms with Crippen LogP contribution in [0.5, 0.6) is 5.75 Å². The molecule has 0 bridgehead atoms. The molecule has 0 aliphatic rings. The van der Waals surface area contributed by atoms with Crippen LogP contribution in [0.15, 0.2) is 36.5 Å². The topological polar surface area (TPSA) is 34.1 Å². The third kappa shape index (κ3) is 3.93. The van der Waals surface area contributed by atoms with Crippen molar-refractivity contribution in [1.82, 2.24) is 10.3 Å². The Morgan fingerprint density at radius 2 is 2.14 bits per heavy atom. The van der Waals surface area contributed by atoms with Gasteiger partial charge >= 0.3 is 0 Å². The first-order chi connectivity index (χ1) is 10.2. The van der Waals surface area contributed by atoms with Crippen molar-refractivity contribution in [2.24, 2.45) is 0 Å². The van der Waals surface area contributed by atoms with Crippen molar-refractivity contribution < 1.29 is 9.13 Å². The number of nitrogens with zero attached hydrogens (tertiary/aromatic N) is 1. The Balaban J connectivity index is 2.37. The van der Waals surface area contributed by atoms with E-state index in [1.807, 2.05) is 12.1 Å². The monoisotopic (exact) mass is 308 g/mol. The van der Waals surface area contributed by atoms with Crippen molar-refractivity contribution >= 4 is 11.6 Å². The highest BCUT2D eigenvalue weighted by molar-refractivity contribution is 6.32. The smallest absolute Gasteiger partial charge is 0.141 e. The van der Waals surface area contributed by atoms with E-state index in [2.05, 4.69) is 17.2 Å². The van der Waals surface area contributed by atoms with Gasteiger partial charge in [-0.2, -0.15) is 0 Å². The number of halogens is 2. The predicted molar refractivity (Wildman–Crippen MR) is 82.3 cm³/mol. The minimum absolute atomic E-state index is 0.128. The summed E-state index contributed by atoms with van der Waals surface area (Å²) in [6, 6.07) is 8.56. The van der Waals surface area contributed by atoms with Crippen LogP contribution >= 0.6 is 11.6 Å². The largest absolute Gasteiger partial charge is 0.495 e. The maximum Gasteiger partial charge on any atom is 0.141 e. The molecule has 3 nitrogen and oxygen atoms in total. The summed E-state index contributed by atoms with van der Waals surface area (Å²) in [5.41, 5.74) is 1.73. The summed E-state index contributed by atoms with van der Waals surface area (Å²) in [7, 11) is 1.58. The Labute approximate surface area is 129 Å². The lowest BCUT2D eigenvalue weighted by Gasteiger charge is -2.19. The average molecular weight is 309 g/mol. The van der Waals surface area contributed by atoms with E-state index >= 15 is 0 Å². The normalized spacial score (nSPS) is 12.2. The van der Waals surface area contributed by atoms with E-state index in [0.717, 1.165) is 24.2 Å². The zero-order chi connectivity index (χ0) is 15.2. The SMILES string of the molecule is CCCNC(c1ccc(Cl)c(OC)c1)c1ccc(F)cn1. The Morgan fingerprint density at radius 3 is 2.76 bits per heavy atom. The highest BCUT2D eigenvalue weighted by atomic mass is 35.5. The van der Waals surface area contributed by atoms with Crippen LogP contribution in [0.1, 0.15) is 30.6 Å². The van der Waals surface area contributed by atoms with E-state index < -0.39 is 0 Å². The lowest BCUT2D eigenvalue weighted by Crippen LogP contribution is -2.24. The number of ether oxygens (including phenoxy) is 1. The second-order valence-corrected chi connectivity index (χ2v) is 5.09. The van der Waals surface area contributed by atoms with E-state index in [1.54, 1.807) is 19.2 Å². The third-order valence-electron chi connectivity index (χ3n) is 3.15. The maximum absolute atomic E-state index is 13.1. The van der Waals surface area contributed by atoms with Gasteiger partial charge in [-0.25, -0.2) is 4.39 Å². The lowest BCUT2D eigenvalue weighted by atomic mass is 10.0. The molecule has 0 amide bonds. The zero-order valence-electron chi connectivity index (χ0n) is 12.1. The van der Waals surface area contributed by atoms with Gasteiger partial charge in [0.05, 0.1) is 30.1 Å². The number of rotatable bonds is 6. The molecule has 0 fully saturated rings. The first-order valence-electron chi connectivity index (χ1n) is 6.84.